The molecule has 2 rings (SSSR count). The quantitative estimate of drug-likeness (QED) is 0.843. The molecule has 0 aliphatic heterocycles. The average Bonchev–Trinajstić information content (AvgIpc) is 2.95. The van der Waals surface area contributed by atoms with E-state index in [1.165, 1.54) is 17.0 Å². The molecule has 1 amide bonds. The SMILES string of the molecule is Cc1ccc(-c2nc(C(=O)NCCS)cs2)n1C. The van der Waals surface area contributed by atoms with Crippen LogP contribution in [0.3, 0.4) is 0 Å². The van der Waals surface area contributed by atoms with Gasteiger partial charge < -0.3 is 9.88 Å². The lowest BCUT2D eigenvalue weighted by Crippen LogP contribution is -2.25. The summed E-state index contributed by atoms with van der Waals surface area (Å²) >= 11 is 5.53. The zero-order valence-corrected chi connectivity index (χ0v) is 12.0. The van der Waals surface area contributed by atoms with E-state index in [-0.39, 0.29) is 5.91 Å². The van der Waals surface area contributed by atoms with Gasteiger partial charge in [-0.15, -0.1) is 11.3 Å². The second-order valence-corrected chi connectivity index (χ2v) is 5.24. The molecule has 0 aromatic carbocycles. The number of carbonyl (C=O) groups is 1. The molecule has 0 fully saturated rings. The number of hydrogen-bond acceptors (Lipinski definition) is 4. The number of thiazole rings is 1. The van der Waals surface area contributed by atoms with Crippen molar-refractivity contribution in [1.29, 1.82) is 0 Å². The van der Waals surface area contributed by atoms with Crippen LogP contribution in [0.1, 0.15) is 16.2 Å². The average molecular weight is 281 g/mol. The first kappa shape index (κ1) is 13.2. The summed E-state index contributed by atoms with van der Waals surface area (Å²) in [5, 5.41) is 5.40. The summed E-state index contributed by atoms with van der Waals surface area (Å²) in [6.07, 6.45) is 0. The van der Waals surface area contributed by atoms with Crippen molar-refractivity contribution in [1.82, 2.24) is 14.9 Å². The molecular formula is C12H15N3OS2. The van der Waals surface area contributed by atoms with Crippen molar-refractivity contribution in [2.45, 2.75) is 6.92 Å². The third-order valence-corrected chi connectivity index (χ3v) is 3.81. The lowest BCUT2D eigenvalue weighted by atomic mass is 10.4. The van der Waals surface area contributed by atoms with Crippen molar-refractivity contribution >= 4 is 29.9 Å². The summed E-state index contributed by atoms with van der Waals surface area (Å²) in [7, 11) is 1.99. The van der Waals surface area contributed by atoms with E-state index in [1.807, 2.05) is 26.1 Å². The third kappa shape index (κ3) is 2.59. The number of thiol groups is 1. The molecule has 0 atom stereocenters. The van der Waals surface area contributed by atoms with Crippen LogP contribution in [-0.2, 0) is 7.05 Å². The van der Waals surface area contributed by atoms with Crippen LogP contribution in [0.25, 0.3) is 10.7 Å². The molecule has 2 aromatic rings. The predicted octanol–water partition coefficient (Wildman–Crippen LogP) is 2.12. The monoisotopic (exact) mass is 281 g/mol. The molecule has 0 bridgehead atoms. The van der Waals surface area contributed by atoms with Crippen LogP contribution in [0, 0.1) is 6.92 Å². The van der Waals surface area contributed by atoms with Crippen molar-refractivity contribution in [3.63, 3.8) is 0 Å². The van der Waals surface area contributed by atoms with Gasteiger partial charge in [0.15, 0.2) is 0 Å². The summed E-state index contributed by atoms with van der Waals surface area (Å²) in [6.45, 7) is 2.59. The Bertz CT molecular complexity index is 559. The molecule has 0 spiro atoms. The fraction of sp³-hybridized carbons (Fsp3) is 0.333. The Morgan fingerprint density at radius 3 is 2.94 bits per heavy atom. The Hall–Kier alpha value is -1.27. The number of aryl methyl sites for hydroxylation is 1. The van der Waals surface area contributed by atoms with E-state index in [4.69, 9.17) is 0 Å². The van der Waals surface area contributed by atoms with Gasteiger partial charge >= 0.3 is 0 Å². The van der Waals surface area contributed by atoms with Crippen molar-refractivity contribution in [3.8, 4) is 10.7 Å². The Kier molecular flexibility index (Phi) is 4.08. The van der Waals surface area contributed by atoms with Gasteiger partial charge in [-0.05, 0) is 19.1 Å². The van der Waals surface area contributed by atoms with Gasteiger partial charge in [-0.25, -0.2) is 4.98 Å². The molecule has 1 N–H and O–H groups in total. The summed E-state index contributed by atoms with van der Waals surface area (Å²) in [5.41, 5.74) is 2.67. The molecule has 18 heavy (non-hydrogen) atoms. The van der Waals surface area contributed by atoms with Gasteiger partial charge in [0.25, 0.3) is 5.91 Å². The highest BCUT2D eigenvalue weighted by atomic mass is 32.1. The van der Waals surface area contributed by atoms with Gasteiger partial charge in [0.2, 0.25) is 0 Å². The van der Waals surface area contributed by atoms with Crippen LogP contribution in [0.15, 0.2) is 17.5 Å². The van der Waals surface area contributed by atoms with Crippen LogP contribution in [-0.4, -0.2) is 27.8 Å². The molecule has 4 nitrogen and oxygen atoms in total. The van der Waals surface area contributed by atoms with Gasteiger partial charge in [-0.1, -0.05) is 0 Å². The molecular weight excluding hydrogens is 266 g/mol. The first-order valence-corrected chi connectivity index (χ1v) is 7.12. The van der Waals surface area contributed by atoms with E-state index < -0.39 is 0 Å². The van der Waals surface area contributed by atoms with Crippen molar-refractivity contribution < 1.29 is 4.79 Å². The molecule has 2 heterocycles. The lowest BCUT2D eigenvalue weighted by Gasteiger charge is -2.01. The van der Waals surface area contributed by atoms with E-state index in [1.54, 1.807) is 5.38 Å². The Labute approximate surface area is 115 Å². The van der Waals surface area contributed by atoms with E-state index in [0.29, 0.717) is 18.0 Å². The molecule has 0 radical (unpaired) electrons. The standard InChI is InChI=1S/C12H15N3OS2/c1-8-3-4-10(15(8)2)12-14-9(7-18-12)11(16)13-5-6-17/h3-4,7,17H,5-6H2,1-2H3,(H,13,16). The van der Waals surface area contributed by atoms with Crippen molar-refractivity contribution in [2.75, 3.05) is 12.3 Å². The van der Waals surface area contributed by atoms with E-state index >= 15 is 0 Å². The zero-order chi connectivity index (χ0) is 13.1. The van der Waals surface area contributed by atoms with E-state index in [9.17, 15) is 4.79 Å². The lowest BCUT2D eigenvalue weighted by molar-refractivity contribution is 0.0952. The minimum atomic E-state index is -0.141. The number of amides is 1. The molecule has 2 aromatic heterocycles. The molecule has 0 saturated heterocycles. The number of hydrogen-bond donors (Lipinski definition) is 2. The van der Waals surface area contributed by atoms with Gasteiger partial charge in [0, 0.05) is 30.4 Å². The number of nitrogens with one attached hydrogen (secondary N) is 1. The molecule has 0 aliphatic rings. The second-order valence-electron chi connectivity index (χ2n) is 3.94. The summed E-state index contributed by atoms with van der Waals surface area (Å²) in [6, 6.07) is 4.06. The van der Waals surface area contributed by atoms with Crippen LogP contribution >= 0.6 is 24.0 Å². The highest BCUT2D eigenvalue weighted by Crippen LogP contribution is 2.25. The number of rotatable bonds is 4. The highest BCUT2D eigenvalue weighted by Gasteiger charge is 2.13. The van der Waals surface area contributed by atoms with Crippen LogP contribution in [0.5, 0.6) is 0 Å². The van der Waals surface area contributed by atoms with Crippen LogP contribution < -0.4 is 5.32 Å². The van der Waals surface area contributed by atoms with Crippen molar-refractivity contribution in [2.24, 2.45) is 7.05 Å². The minimum Gasteiger partial charge on any atom is -0.350 e. The molecule has 0 saturated carbocycles. The summed E-state index contributed by atoms with van der Waals surface area (Å²) in [5.74, 6) is 0.484. The normalized spacial score (nSPS) is 10.6. The number of aromatic nitrogens is 2. The van der Waals surface area contributed by atoms with Gasteiger partial charge in [0.1, 0.15) is 10.7 Å². The predicted molar refractivity (Wildman–Crippen MR) is 77.4 cm³/mol. The number of carbonyl (C=O) groups excluding carboxylic acids is 1. The fourth-order valence-electron chi connectivity index (χ4n) is 1.58. The molecule has 0 aliphatic carbocycles. The minimum absolute atomic E-state index is 0.141. The highest BCUT2D eigenvalue weighted by molar-refractivity contribution is 7.80. The van der Waals surface area contributed by atoms with Crippen molar-refractivity contribution in [3.05, 3.63) is 28.9 Å². The maximum atomic E-state index is 11.7. The smallest absolute Gasteiger partial charge is 0.270 e. The first-order chi connectivity index (χ1) is 8.63. The second kappa shape index (κ2) is 5.58. The summed E-state index contributed by atoms with van der Waals surface area (Å²) in [4.78, 5) is 16.1. The van der Waals surface area contributed by atoms with Crippen LogP contribution in [0.4, 0.5) is 0 Å². The number of nitrogens with zero attached hydrogens (tertiary/aromatic N) is 2. The Morgan fingerprint density at radius 2 is 2.33 bits per heavy atom. The summed E-state index contributed by atoms with van der Waals surface area (Å²) < 4.78 is 2.06. The largest absolute Gasteiger partial charge is 0.350 e. The fourth-order valence-corrected chi connectivity index (χ4v) is 2.56. The van der Waals surface area contributed by atoms with Gasteiger partial charge in [-0.3, -0.25) is 4.79 Å². The maximum Gasteiger partial charge on any atom is 0.270 e. The molecule has 96 valence electrons. The van der Waals surface area contributed by atoms with Gasteiger partial charge in [0.05, 0.1) is 5.69 Å². The third-order valence-electron chi connectivity index (χ3n) is 2.73. The first-order valence-electron chi connectivity index (χ1n) is 5.60. The van der Waals surface area contributed by atoms with E-state index in [2.05, 4.69) is 27.5 Å². The topological polar surface area (TPSA) is 46.9 Å². The maximum absolute atomic E-state index is 11.7. The zero-order valence-electron chi connectivity index (χ0n) is 10.3. The van der Waals surface area contributed by atoms with Gasteiger partial charge in [-0.2, -0.15) is 12.6 Å². The van der Waals surface area contributed by atoms with Crippen LogP contribution in [0.2, 0.25) is 0 Å². The molecule has 6 heteroatoms. The van der Waals surface area contributed by atoms with E-state index in [0.717, 1.165) is 10.7 Å². The Morgan fingerprint density at radius 1 is 1.56 bits per heavy atom. The Balaban J connectivity index is 2.20. The molecule has 0 unspecified atom stereocenters.